The van der Waals surface area contributed by atoms with Crippen LogP contribution >= 0.6 is 0 Å². The van der Waals surface area contributed by atoms with Crippen LogP contribution in [0.1, 0.15) is 35.5 Å². The Morgan fingerprint density at radius 1 is 1.24 bits per heavy atom. The number of nitrogens with two attached hydrogens (primary N) is 1. The average Bonchev–Trinajstić information content (AvgIpc) is 2.54. The molecule has 1 heterocycles. The lowest BCUT2D eigenvalue weighted by molar-refractivity contribution is 0.414. The number of methoxy groups -OCH3 is 1. The number of fused-ring (bicyclic) bond motifs is 1. The summed E-state index contributed by atoms with van der Waals surface area (Å²) in [6.45, 7) is 0. The van der Waals surface area contributed by atoms with Gasteiger partial charge in [0.05, 0.1) is 7.11 Å². The molecule has 1 aliphatic carbocycles. The van der Waals surface area contributed by atoms with Crippen molar-refractivity contribution in [3.8, 4) is 5.75 Å². The van der Waals surface area contributed by atoms with Crippen molar-refractivity contribution >= 4 is 5.82 Å². The first-order chi connectivity index (χ1) is 10.3. The number of aryl methyl sites for hydroxylation is 1. The Morgan fingerprint density at radius 2 is 2.10 bits per heavy atom. The minimum absolute atomic E-state index is 0.680. The van der Waals surface area contributed by atoms with Crippen molar-refractivity contribution in [3.63, 3.8) is 0 Å². The Hall–Kier alpha value is -2.14. The quantitative estimate of drug-likeness (QED) is 0.665. The van der Waals surface area contributed by atoms with Gasteiger partial charge in [-0.1, -0.05) is 12.1 Å². The molecule has 0 unspecified atom stereocenters. The van der Waals surface area contributed by atoms with Crippen LogP contribution in [0.4, 0.5) is 5.82 Å². The van der Waals surface area contributed by atoms with Gasteiger partial charge in [0, 0.05) is 17.7 Å². The third-order valence-corrected chi connectivity index (χ3v) is 3.86. The number of nitrogens with zero attached hydrogens (tertiary/aromatic N) is 2. The number of nitrogens with one attached hydrogen (secondary N) is 1. The van der Waals surface area contributed by atoms with Gasteiger partial charge in [-0.2, -0.15) is 0 Å². The summed E-state index contributed by atoms with van der Waals surface area (Å²) in [5.74, 6) is 8.05. The van der Waals surface area contributed by atoms with E-state index in [9.17, 15) is 0 Å². The Kier molecular flexibility index (Phi) is 4.01. The normalized spacial score (nSPS) is 13.6. The van der Waals surface area contributed by atoms with Crippen LogP contribution in [0.25, 0.3) is 0 Å². The van der Waals surface area contributed by atoms with Gasteiger partial charge in [0.1, 0.15) is 17.4 Å². The molecule has 0 amide bonds. The van der Waals surface area contributed by atoms with Crippen molar-refractivity contribution in [1.29, 1.82) is 0 Å². The minimum Gasteiger partial charge on any atom is -0.497 e. The standard InChI is InChI=1S/C16H20N4O/c1-21-12-6-4-5-11(9-12)10-15-18-14-8-3-2-7-13(14)16(19-15)20-17/h4-6,9H,2-3,7-8,10,17H2,1H3,(H,18,19,20). The van der Waals surface area contributed by atoms with E-state index in [1.165, 1.54) is 18.4 Å². The molecule has 1 aromatic heterocycles. The zero-order valence-electron chi connectivity index (χ0n) is 12.2. The number of aromatic nitrogens is 2. The van der Waals surface area contributed by atoms with Gasteiger partial charge < -0.3 is 10.2 Å². The highest BCUT2D eigenvalue weighted by atomic mass is 16.5. The van der Waals surface area contributed by atoms with Gasteiger partial charge in [0.25, 0.3) is 0 Å². The minimum atomic E-state index is 0.680. The summed E-state index contributed by atoms with van der Waals surface area (Å²) in [6, 6.07) is 7.98. The van der Waals surface area contributed by atoms with E-state index < -0.39 is 0 Å². The average molecular weight is 284 g/mol. The molecule has 0 aliphatic heterocycles. The molecule has 2 aromatic rings. The molecule has 0 atom stereocenters. The number of hydrogen-bond acceptors (Lipinski definition) is 5. The zero-order chi connectivity index (χ0) is 14.7. The van der Waals surface area contributed by atoms with E-state index in [2.05, 4.69) is 16.5 Å². The van der Waals surface area contributed by atoms with Crippen LogP contribution < -0.4 is 16.0 Å². The molecule has 3 N–H and O–H groups in total. The SMILES string of the molecule is COc1cccc(Cc2nc3c(c(NN)n2)CCCC3)c1. The largest absolute Gasteiger partial charge is 0.497 e. The monoisotopic (exact) mass is 284 g/mol. The highest BCUT2D eigenvalue weighted by Crippen LogP contribution is 2.25. The van der Waals surface area contributed by atoms with Gasteiger partial charge in [0.15, 0.2) is 0 Å². The van der Waals surface area contributed by atoms with E-state index >= 15 is 0 Å². The molecule has 1 aliphatic rings. The molecule has 21 heavy (non-hydrogen) atoms. The van der Waals surface area contributed by atoms with Gasteiger partial charge in [-0.15, -0.1) is 0 Å². The summed E-state index contributed by atoms with van der Waals surface area (Å²) in [6.07, 6.45) is 5.07. The molecular weight excluding hydrogens is 264 g/mol. The number of rotatable bonds is 4. The van der Waals surface area contributed by atoms with Crippen molar-refractivity contribution < 1.29 is 4.74 Å². The molecule has 3 rings (SSSR count). The molecule has 1 aromatic carbocycles. The van der Waals surface area contributed by atoms with E-state index in [0.717, 1.165) is 41.5 Å². The highest BCUT2D eigenvalue weighted by molar-refractivity contribution is 5.47. The van der Waals surface area contributed by atoms with Crippen LogP contribution in [0.15, 0.2) is 24.3 Å². The third-order valence-electron chi connectivity index (χ3n) is 3.86. The fourth-order valence-electron chi connectivity index (χ4n) is 2.81. The van der Waals surface area contributed by atoms with Gasteiger partial charge in [0.2, 0.25) is 0 Å². The van der Waals surface area contributed by atoms with Crippen molar-refractivity contribution in [3.05, 3.63) is 46.9 Å². The van der Waals surface area contributed by atoms with Gasteiger partial charge >= 0.3 is 0 Å². The molecule has 0 saturated carbocycles. The van der Waals surface area contributed by atoms with Crippen LogP contribution in [0.2, 0.25) is 0 Å². The molecular formula is C16H20N4O. The van der Waals surface area contributed by atoms with Crippen molar-refractivity contribution in [2.45, 2.75) is 32.1 Å². The predicted molar refractivity (Wildman–Crippen MR) is 82.3 cm³/mol. The zero-order valence-corrected chi connectivity index (χ0v) is 12.2. The van der Waals surface area contributed by atoms with E-state index in [-0.39, 0.29) is 0 Å². The van der Waals surface area contributed by atoms with Crippen LogP contribution in [0.3, 0.4) is 0 Å². The third kappa shape index (κ3) is 2.97. The summed E-state index contributed by atoms with van der Waals surface area (Å²) >= 11 is 0. The van der Waals surface area contributed by atoms with Gasteiger partial charge in [-0.3, -0.25) is 0 Å². The second kappa shape index (κ2) is 6.10. The van der Waals surface area contributed by atoms with Crippen LogP contribution in [0.5, 0.6) is 5.75 Å². The van der Waals surface area contributed by atoms with Crippen LogP contribution in [0, 0.1) is 0 Å². The summed E-state index contributed by atoms with van der Waals surface area (Å²) in [5.41, 5.74) is 6.18. The first-order valence-electron chi connectivity index (χ1n) is 7.28. The first kappa shape index (κ1) is 13.8. The fraction of sp³-hybridized carbons (Fsp3) is 0.375. The van der Waals surface area contributed by atoms with E-state index in [4.69, 9.17) is 15.6 Å². The van der Waals surface area contributed by atoms with Crippen LogP contribution in [-0.2, 0) is 19.3 Å². The number of hydrazine groups is 1. The number of anilines is 1. The number of nitrogen functional groups attached to an aromatic ring is 1. The highest BCUT2D eigenvalue weighted by Gasteiger charge is 2.17. The van der Waals surface area contributed by atoms with E-state index in [0.29, 0.717) is 6.42 Å². The second-order valence-corrected chi connectivity index (χ2v) is 5.29. The maximum absolute atomic E-state index is 5.62. The fourth-order valence-corrected chi connectivity index (χ4v) is 2.81. The summed E-state index contributed by atoms with van der Waals surface area (Å²) < 4.78 is 5.25. The van der Waals surface area contributed by atoms with E-state index in [1.807, 2.05) is 18.2 Å². The lowest BCUT2D eigenvalue weighted by atomic mass is 9.96. The Labute approximate surface area is 124 Å². The molecule has 0 radical (unpaired) electrons. The Bertz CT molecular complexity index is 625. The molecule has 5 heteroatoms. The summed E-state index contributed by atoms with van der Waals surface area (Å²) in [7, 11) is 1.67. The molecule has 0 saturated heterocycles. The molecule has 0 bridgehead atoms. The molecule has 5 nitrogen and oxygen atoms in total. The van der Waals surface area contributed by atoms with Gasteiger partial charge in [-0.05, 0) is 43.4 Å². The first-order valence-corrected chi connectivity index (χ1v) is 7.28. The topological polar surface area (TPSA) is 73.1 Å². The number of ether oxygens (including phenoxy) is 1. The smallest absolute Gasteiger partial charge is 0.147 e. The van der Waals surface area contributed by atoms with E-state index in [1.54, 1.807) is 7.11 Å². The van der Waals surface area contributed by atoms with Crippen LogP contribution in [-0.4, -0.2) is 17.1 Å². The summed E-state index contributed by atoms with van der Waals surface area (Å²) in [4.78, 5) is 9.29. The van der Waals surface area contributed by atoms with Crippen molar-refractivity contribution in [2.75, 3.05) is 12.5 Å². The van der Waals surface area contributed by atoms with Gasteiger partial charge in [-0.25, -0.2) is 15.8 Å². The molecule has 110 valence electrons. The Morgan fingerprint density at radius 3 is 2.90 bits per heavy atom. The lowest BCUT2D eigenvalue weighted by Crippen LogP contribution is -2.18. The predicted octanol–water partition coefficient (Wildman–Crippen LogP) is 2.24. The maximum Gasteiger partial charge on any atom is 0.147 e. The second-order valence-electron chi connectivity index (χ2n) is 5.29. The molecule has 0 spiro atoms. The van der Waals surface area contributed by atoms with Crippen molar-refractivity contribution in [2.24, 2.45) is 5.84 Å². The lowest BCUT2D eigenvalue weighted by Gasteiger charge is -2.18. The number of hydrogen-bond donors (Lipinski definition) is 2. The summed E-state index contributed by atoms with van der Waals surface area (Å²) in [5, 5.41) is 0. The number of benzene rings is 1. The molecule has 0 fully saturated rings. The van der Waals surface area contributed by atoms with Crippen molar-refractivity contribution in [1.82, 2.24) is 9.97 Å². The maximum atomic E-state index is 5.62. The Balaban J connectivity index is 1.91.